The van der Waals surface area contributed by atoms with Gasteiger partial charge in [-0.15, -0.1) is 24.2 Å². The van der Waals surface area contributed by atoms with E-state index in [4.69, 9.17) is 10.5 Å². The number of nitrogens with two attached hydrogens (primary N) is 1. The predicted octanol–water partition coefficient (Wildman–Crippen LogP) is 2.84. The van der Waals surface area contributed by atoms with Gasteiger partial charge in [0.15, 0.2) is 11.4 Å². The summed E-state index contributed by atoms with van der Waals surface area (Å²) >= 11 is 1.54. The van der Waals surface area contributed by atoms with Crippen LogP contribution in [0.25, 0.3) is 11.2 Å². The van der Waals surface area contributed by atoms with Crippen LogP contribution in [0, 0.1) is 0 Å². The molecule has 0 unspecified atom stereocenters. The van der Waals surface area contributed by atoms with Gasteiger partial charge in [0.05, 0.1) is 11.1 Å². The van der Waals surface area contributed by atoms with Crippen LogP contribution in [0.15, 0.2) is 46.3 Å². The monoisotopic (exact) mass is 336 g/mol. The van der Waals surface area contributed by atoms with Crippen LogP contribution in [0.5, 0.6) is 11.5 Å². The average Bonchev–Trinajstić information content (AvgIpc) is 2.49. The number of anilines is 1. The first kappa shape index (κ1) is 16.1. The zero-order valence-electron chi connectivity index (χ0n) is 11.6. The maximum Gasteiger partial charge on any atom is 0.268 e. The smallest absolute Gasteiger partial charge is 0.268 e. The number of benzene rings is 1. The molecule has 3 aromatic rings. The van der Waals surface area contributed by atoms with E-state index in [0.717, 1.165) is 4.90 Å². The van der Waals surface area contributed by atoms with E-state index < -0.39 is 0 Å². The number of fused-ring (bicyclic) bond motifs is 1. The van der Waals surface area contributed by atoms with Crippen LogP contribution in [0.4, 0.5) is 5.69 Å². The van der Waals surface area contributed by atoms with Crippen LogP contribution in [0.1, 0.15) is 0 Å². The van der Waals surface area contributed by atoms with Gasteiger partial charge in [0, 0.05) is 18.0 Å². The van der Waals surface area contributed by atoms with E-state index in [-0.39, 0.29) is 18.0 Å². The van der Waals surface area contributed by atoms with Gasteiger partial charge in [-0.25, -0.2) is 9.97 Å². The number of hydrogen-bond donors (Lipinski definition) is 2. The normalized spacial score (nSPS) is 10.2. The van der Waals surface area contributed by atoms with Crippen molar-refractivity contribution in [3.63, 3.8) is 0 Å². The Bertz CT molecular complexity index is 869. The van der Waals surface area contributed by atoms with E-state index in [0.29, 0.717) is 28.4 Å². The van der Waals surface area contributed by atoms with E-state index >= 15 is 0 Å². The lowest BCUT2D eigenvalue weighted by molar-refractivity contribution is 0.475. The number of aromatic amines is 1. The van der Waals surface area contributed by atoms with E-state index in [1.54, 1.807) is 24.4 Å². The number of aromatic nitrogens is 3. The molecule has 0 aliphatic rings. The van der Waals surface area contributed by atoms with Crippen molar-refractivity contribution in [3.05, 3.63) is 47.0 Å². The van der Waals surface area contributed by atoms with Crippen LogP contribution in [0.3, 0.4) is 0 Å². The number of ether oxygens (including phenoxy) is 1. The molecule has 0 saturated carbocycles. The molecule has 0 radical (unpaired) electrons. The number of nitrogens with zero attached hydrogens (tertiary/aromatic N) is 2. The molecule has 6 nitrogen and oxygen atoms in total. The van der Waals surface area contributed by atoms with Crippen molar-refractivity contribution < 1.29 is 4.74 Å². The third kappa shape index (κ3) is 3.15. The molecule has 0 amide bonds. The van der Waals surface area contributed by atoms with Crippen LogP contribution in [-0.2, 0) is 0 Å². The van der Waals surface area contributed by atoms with Gasteiger partial charge in [-0.3, -0.25) is 4.79 Å². The molecular weight excluding hydrogens is 324 g/mol. The fraction of sp³-hybridized carbons (Fsp3) is 0.0714. The second-order valence-corrected chi connectivity index (χ2v) is 5.11. The lowest BCUT2D eigenvalue weighted by Crippen LogP contribution is -2.06. The highest BCUT2D eigenvalue weighted by molar-refractivity contribution is 7.98. The zero-order valence-corrected chi connectivity index (χ0v) is 13.2. The minimum Gasteiger partial charge on any atom is -0.454 e. The first-order valence-corrected chi connectivity index (χ1v) is 7.35. The number of halogens is 1. The van der Waals surface area contributed by atoms with Gasteiger partial charge >= 0.3 is 0 Å². The molecular formula is C14H13ClN4O2S. The van der Waals surface area contributed by atoms with Crippen molar-refractivity contribution >= 4 is 41.0 Å². The molecule has 0 spiro atoms. The molecule has 2 aromatic heterocycles. The number of hydrogen-bond acceptors (Lipinski definition) is 6. The fourth-order valence-corrected chi connectivity index (χ4v) is 2.46. The highest BCUT2D eigenvalue weighted by atomic mass is 35.5. The summed E-state index contributed by atoms with van der Waals surface area (Å²) in [7, 11) is 0. The quantitative estimate of drug-likeness (QED) is 0.564. The molecule has 1 aromatic carbocycles. The van der Waals surface area contributed by atoms with Crippen LogP contribution in [0.2, 0.25) is 0 Å². The molecule has 3 rings (SSSR count). The maximum atomic E-state index is 11.3. The molecule has 0 aliphatic carbocycles. The van der Waals surface area contributed by atoms with Crippen molar-refractivity contribution in [2.75, 3.05) is 12.0 Å². The van der Waals surface area contributed by atoms with Gasteiger partial charge in [-0.05, 0) is 24.5 Å². The zero-order chi connectivity index (χ0) is 14.8. The van der Waals surface area contributed by atoms with Crippen molar-refractivity contribution in [1.29, 1.82) is 0 Å². The third-order valence-corrected chi connectivity index (χ3v) is 3.61. The summed E-state index contributed by atoms with van der Waals surface area (Å²) in [6.07, 6.45) is 4.71. The molecule has 0 atom stereocenters. The number of rotatable bonds is 3. The number of nitrogen functional groups attached to an aromatic ring is 1. The summed E-state index contributed by atoms with van der Waals surface area (Å²) in [4.78, 5) is 23.0. The van der Waals surface area contributed by atoms with Gasteiger partial charge in [0.25, 0.3) is 5.56 Å². The van der Waals surface area contributed by atoms with Crippen molar-refractivity contribution in [3.8, 4) is 11.5 Å². The molecule has 8 heteroatoms. The summed E-state index contributed by atoms with van der Waals surface area (Å²) < 4.78 is 5.91. The predicted molar refractivity (Wildman–Crippen MR) is 90.1 cm³/mol. The number of pyridine rings is 1. The molecule has 22 heavy (non-hydrogen) atoms. The molecule has 0 fully saturated rings. The lowest BCUT2D eigenvalue weighted by Gasteiger charge is -2.11. The Labute approximate surface area is 136 Å². The molecule has 0 aliphatic heterocycles. The Kier molecular flexibility index (Phi) is 4.89. The number of nitrogens with one attached hydrogen (secondary N) is 1. The fourth-order valence-electron chi connectivity index (χ4n) is 1.89. The van der Waals surface area contributed by atoms with E-state index in [9.17, 15) is 4.79 Å². The summed E-state index contributed by atoms with van der Waals surface area (Å²) in [5, 5.41) is 0. The Hall–Kier alpha value is -2.25. The highest BCUT2D eigenvalue weighted by Crippen LogP contribution is 2.34. The Morgan fingerprint density at radius 1 is 1.23 bits per heavy atom. The summed E-state index contributed by atoms with van der Waals surface area (Å²) in [5.41, 5.74) is 7.04. The van der Waals surface area contributed by atoms with Gasteiger partial charge in [0.2, 0.25) is 0 Å². The van der Waals surface area contributed by atoms with E-state index in [1.807, 2.05) is 12.3 Å². The Balaban J connectivity index is 0.00000176. The van der Waals surface area contributed by atoms with E-state index in [1.165, 1.54) is 18.0 Å². The van der Waals surface area contributed by atoms with Gasteiger partial charge < -0.3 is 15.5 Å². The Morgan fingerprint density at radius 3 is 2.82 bits per heavy atom. The van der Waals surface area contributed by atoms with Crippen LogP contribution in [-0.4, -0.2) is 21.2 Å². The molecule has 0 bridgehead atoms. The van der Waals surface area contributed by atoms with Gasteiger partial charge in [0.1, 0.15) is 11.3 Å². The van der Waals surface area contributed by atoms with Crippen molar-refractivity contribution in [2.45, 2.75) is 4.90 Å². The second kappa shape index (κ2) is 6.67. The minimum absolute atomic E-state index is 0. The Morgan fingerprint density at radius 2 is 2.05 bits per heavy atom. The van der Waals surface area contributed by atoms with Crippen molar-refractivity contribution in [1.82, 2.24) is 15.0 Å². The number of thioether (sulfide) groups is 1. The average molecular weight is 337 g/mol. The molecule has 3 N–H and O–H groups in total. The van der Waals surface area contributed by atoms with Crippen LogP contribution >= 0.6 is 24.2 Å². The molecule has 114 valence electrons. The second-order valence-electron chi connectivity index (χ2n) is 4.27. The van der Waals surface area contributed by atoms with Crippen molar-refractivity contribution in [2.24, 2.45) is 0 Å². The first-order valence-electron chi connectivity index (χ1n) is 6.13. The molecule has 0 saturated heterocycles. The summed E-state index contributed by atoms with van der Waals surface area (Å²) in [6.45, 7) is 0. The summed E-state index contributed by atoms with van der Waals surface area (Å²) in [6, 6.07) is 7.12. The largest absolute Gasteiger partial charge is 0.454 e. The first-order chi connectivity index (χ1) is 10.2. The summed E-state index contributed by atoms with van der Waals surface area (Å²) in [5.74, 6) is 1.20. The minimum atomic E-state index is -0.301. The topological polar surface area (TPSA) is 93.9 Å². The third-order valence-electron chi connectivity index (χ3n) is 2.85. The number of H-pyrrole nitrogens is 1. The van der Waals surface area contributed by atoms with Gasteiger partial charge in [-0.1, -0.05) is 0 Å². The highest BCUT2D eigenvalue weighted by Gasteiger charge is 2.09. The van der Waals surface area contributed by atoms with E-state index in [2.05, 4.69) is 15.0 Å². The van der Waals surface area contributed by atoms with Crippen LogP contribution < -0.4 is 16.0 Å². The SMILES string of the molecule is CSc1cc(N)ccc1Oc1ccnc2[nH]c(=O)cnc12.Cl. The molecule has 2 heterocycles. The standard InChI is InChI=1S/C14H12N4O2S.ClH/c1-21-11-6-8(15)2-3-9(11)20-10-4-5-16-14-13(10)17-7-12(19)18-14;/h2-7H,15H2,1H3,(H,16,18,19);1H. The van der Waals surface area contributed by atoms with Gasteiger partial charge in [-0.2, -0.15) is 0 Å². The lowest BCUT2D eigenvalue weighted by atomic mass is 10.3. The maximum absolute atomic E-state index is 11.3.